The molecule has 0 heterocycles. The number of fused-ring (bicyclic) bond motifs is 3. The van der Waals surface area contributed by atoms with Crippen molar-refractivity contribution in [3.63, 3.8) is 0 Å². The van der Waals surface area contributed by atoms with Gasteiger partial charge < -0.3 is 4.90 Å². The summed E-state index contributed by atoms with van der Waals surface area (Å²) in [6.07, 6.45) is 0. The number of nitrogens with zero attached hydrogens (tertiary/aromatic N) is 1. The second-order valence-electron chi connectivity index (χ2n) is 14.5. The zero-order valence-corrected chi connectivity index (χ0v) is 31.0. The summed E-state index contributed by atoms with van der Waals surface area (Å²) in [5.41, 5.74) is 17.5. The molecule has 9 aromatic carbocycles. The quantitative estimate of drug-likeness (QED) is 0.152. The molecule has 56 heavy (non-hydrogen) atoms. The van der Waals surface area contributed by atoms with Crippen LogP contribution in [0.25, 0.3) is 44.5 Å². The molecule has 1 aliphatic rings. The molecule has 0 unspecified atom stereocenters. The summed E-state index contributed by atoms with van der Waals surface area (Å²) >= 11 is 0. The van der Waals surface area contributed by atoms with E-state index in [4.69, 9.17) is 0 Å². The minimum Gasteiger partial charge on any atom is -0.310 e. The van der Waals surface area contributed by atoms with Crippen molar-refractivity contribution >= 4 is 17.1 Å². The maximum atomic E-state index is 2.44. The number of hydrogen-bond donors (Lipinski definition) is 0. The van der Waals surface area contributed by atoms with Crippen LogP contribution in [0, 0.1) is 0 Å². The predicted molar refractivity (Wildman–Crippen MR) is 235 cm³/mol. The Morgan fingerprint density at radius 2 is 0.625 bits per heavy atom. The maximum absolute atomic E-state index is 2.44. The van der Waals surface area contributed by atoms with Crippen LogP contribution in [0.2, 0.25) is 0 Å². The first-order valence-electron chi connectivity index (χ1n) is 19.3. The lowest BCUT2D eigenvalue weighted by Crippen LogP contribution is -2.29. The Balaban J connectivity index is 1.24. The first-order valence-corrected chi connectivity index (χ1v) is 19.3. The number of anilines is 3. The highest BCUT2D eigenvalue weighted by atomic mass is 15.1. The van der Waals surface area contributed by atoms with Gasteiger partial charge in [0.1, 0.15) is 0 Å². The van der Waals surface area contributed by atoms with Gasteiger partial charge in [0.2, 0.25) is 0 Å². The molecule has 0 amide bonds. The largest absolute Gasteiger partial charge is 0.310 e. The van der Waals surface area contributed by atoms with E-state index in [1.54, 1.807) is 0 Å². The molecule has 0 aromatic heterocycles. The van der Waals surface area contributed by atoms with Crippen LogP contribution < -0.4 is 4.90 Å². The van der Waals surface area contributed by atoms with E-state index in [9.17, 15) is 0 Å². The van der Waals surface area contributed by atoms with Gasteiger partial charge in [-0.05, 0) is 109 Å². The van der Waals surface area contributed by atoms with Gasteiger partial charge in [0.25, 0.3) is 0 Å². The van der Waals surface area contributed by atoms with Crippen LogP contribution in [0.15, 0.2) is 237 Å². The van der Waals surface area contributed by atoms with Gasteiger partial charge in [0.05, 0.1) is 5.41 Å². The third-order valence-corrected chi connectivity index (χ3v) is 11.3. The van der Waals surface area contributed by atoms with Crippen molar-refractivity contribution in [3.05, 3.63) is 259 Å². The van der Waals surface area contributed by atoms with Crippen LogP contribution in [0.3, 0.4) is 0 Å². The molecule has 1 aliphatic carbocycles. The van der Waals surface area contributed by atoms with E-state index >= 15 is 0 Å². The first kappa shape index (κ1) is 33.4. The van der Waals surface area contributed by atoms with Crippen LogP contribution in [0.1, 0.15) is 22.3 Å². The average Bonchev–Trinajstić information content (AvgIpc) is 3.59. The minimum atomic E-state index is -0.548. The second kappa shape index (κ2) is 14.2. The monoisotopic (exact) mass is 713 g/mol. The number of hydrogen-bond acceptors (Lipinski definition) is 1. The van der Waals surface area contributed by atoms with Crippen molar-refractivity contribution in [1.82, 2.24) is 0 Å². The van der Waals surface area contributed by atoms with Crippen LogP contribution in [-0.2, 0) is 5.41 Å². The van der Waals surface area contributed by atoms with Gasteiger partial charge in [-0.1, -0.05) is 194 Å². The summed E-state index contributed by atoms with van der Waals surface area (Å²) in [6, 6.07) is 86.3. The second-order valence-corrected chi connectivity index (χ2v) is 14.5. The topological polar surface area (TPSA) is 3.24 Å². The van der Waals surface area contributed by atoms with Gasteiger partial charge in [-0.15, -0.1) is 0 Å². The predicted octanol–water partition coefficient (Wildman–Crippen LogP) is 14.5. The van der Waals surface area contributed by atoms with Crippen LogP contribution in [0.4, 0.5) is 17.1 Å². The summed E-state index contributed by atoms with van der Waals surface area (Å²) in [5.74, 6) is 0. The molecule has 264 valence electrons. The third kappa shape index (κ3) is 5.73. The first-order chi connectivity index (χ1) is 27.8. The molecule has 0 saturated heterocycles. The Bertz CT molecular complexity index is 2630. The average molecular weight is 714 g/mol. The summed E-state index contributed by atoms with van der Waals surface area (Å²) in [4.78, 5) is 2.42. The molecule has 9 aromatic rings. The number of rotatable bonds is 8. The van der Waals surface area contributed by atoms with Crippen LogP contribution in [0.5, 0.6) is 0 Å². The molecule has 0 atom stereocenters. The van der Waals surface area contributed by atoms with Gasteiger partial charge in [-0.2, -0.15) is 0 Å². The summed E-state index contributed by atoms with van der Waals surface area (Å²) < 4.78 is 0. The summed E-state index contributed by atoms with van der Waals surface area (Å²) in [7, 11) is 0. The zero-order chi connectivity index (χ0) is 37.3. The highest BCUT2D eigenvalue weighted by Crippen LogP contribution is 2.57. The van der Waals surface area contributed by atoms with Crippen molar-refractivity contribution in [3.8, 4) is 44.5 Å². The normalized spacial score (nSPS) is 12.4. The molecule has 0 bridgehead atoms. The van der Waals surface area contributed by atoms with E-state index in [1.807, 2.05) is 0 Å². The van der Waals surface area contributed by atoms with Gasteiger partial charge in [0, 0.05) is 17.1 Å². The van der Waals surface area contributed by atoms with Crippen molar-refractivity contribution < 1.29 is 0 Å². The molecular formula is C55H39N. The van der Waals surface area contributed by atoms with Crippen molar-refractivity contribution in [2.24, 2.45) is 0 Å². The highest BCUT2D eigenvalue weighted by molar-refractivity contribution is 5.89. The van der Waals surface area contributed by atoms with Crippen LogP contribution >= 0.6 is 0 Å². The molecule has 1 heteroatoms. The molecule has 10 rings (SSSR count). The SMILES string of the molecule is c1ccc(-c2ccc(N(c3ccc(-c4ccccc4)cc3)c3cc(-c4ccccc4)cc(C4(c5ccccc5)c5ccccc5-c5ccccc54)c3)cc2)cc1. The Kier molecular flexibility index (Phi) is 8.46. The summed E-state index contributed by atoms with van der Waals surface area (Å²) in [6.45, 7) is 0. The maximum Gasteiger partial charge on any atom is 0.0714 e. The zero-order valence-electron chi connectivity index (χ0n) is 31.0. The fourth-order valence-corrected chi connectivity index (χ4v) is 8.78. The molecule has 0 aliphatic heterocycles. The van der Waals surface area contributed by atoms with Crippen molar-refractivity contribution in [1.29, 1.82) is 0 Å². The lowest BCUT2D eigenvalue weighted by Gasteiger charge is -2.36. The summed E-state index contributed by atoms with van der Waals surface area (Å²) in [5, 5.41) is 0. The van der Waals surface area contributed by atoms with Gasteiger partial charge in [0.15, 0.2) is 0 Å². The molecule has 0 fully saturated rings. The molecule has 1 nitrogen and oxygen atoms in total. The molecule has 0 N–H and O–H groups in total. The Morgan fingerprint density at radius 3 is 1.09 bits per heavy atom. The Labute approximate surface area is 329 Å². The Hall–Kier alpha value is -7.22. The Morgan fingerprint density at radius 1 is 0.250 bits per heavy atom. The molecule has 0 spiro atoms. The lowest BCUT2D eigenvalue weighted by molar-refractivity contribution is 0.769. The smallest absolute Gasteiger partial charge is 0.0714 e. The van der Waals surface area contributed by atoms with E-state index in [0.29, 0.717) is 0 Å². The van der Waals surface area contributed by atoms with Crippen molar-refractivity contribution in [2.45, 2.75) is 5.41 Å². The standard InChI is InChI=1S/C55H39N/c1-5-17-40(18-6-1)43-29-33-48(34-30-43)56(49-35-31-44(32-36-49)41-19-7-2-8-20-41)50-38-45(42-21-9-3-10-22-42)37-47(39-50)55(46-23-11-4-12-24-46)53-27-15-13-25-51(53)52-26-14-16-28-54(52)55/h1-39H. The van der Waals surface area contributed by atoms with E-state index in [0.717, 1.165) is 17.1 Å². The minimum absolute atomic E-state index is 0.548. The van der Waals surface area contributed by atoms with Gasteiger partial charge in [-0.25, -0.2) is 0 Å². The third-order valence-electron chi connectivity index (χ3n) is 11.3. The highest BCUT2D eigenvalue weighted by Gasteiger charge is 2.46. The molecule has 0 saturated carbocycles. The molecule has 0 radical (unpaired) electrons. The van der Waals surface area contributed by atoms with E-state index in [2.05, 4.69) is 241 Å². The van der Waals surface area contributed by atoms with E-state index < -0.39 is 5.41 Å². The lowest BCUT2D eigenvalue weighted by atomic mass is 9.67. The fraction of sp³-hybridized carbons (Fsp3) is 0.0182. The van der Waals surface area contributed by atoms with Crippen molar-refractivity contribution in [2.75, 3.05) is 4.90 Å². The van der Waals surface area contributed by atoms with Gasteiger partial charge in [-0.3, -0.25) is 0 Å². The van der Waals surface area contributed by atoms with E-state index in [-0.39, 0.29) is 0 Å². The van der Waals surface area contributed by atoms with Crippen LogP contribution in [-0.4, -0.2) is 0 Å². The van der Waals surface area contributed by atoms with Gasteiger partial charge >= 0.3 is 0 Å². The fourth-order valence-electron chi connectivity index (χ4n) is 8.78. The molecular weight excluding hydrogens is 675 g/mol. The number of benzene rings is 9. The van der Waals surface area contributed by atoms with E-state index in [1.165, 1.54) is 66.8 Å².